The van der Waals surface area contributed by atoms with Crippen molar-refractivity contribution < 1.29 is 0 Å². The molecular formula is C13H23N. The van der Waals surface area contributed by atoms with Crippen molar-refractivity contribution in [3.05, 3.63) is 12.3 Å². The van der Waals surface area contributed by atoms with Crippen molar-refractivity contribution in [3.8, 4) is 11.8 Å². The molecule has 0 rings (SSSR count). The van der Waals surface area contributed by atoms with E-state index >= 15 is 0 Å². The second-order valence-corrected chi connectivity index (χ2v) is 4.60. The van der Waals surface area contributed by atoms with E-state index in [1.807, 2.05) is 13.0 Å². The zero-order chi connectivity index (χ0) is 11.2. The van der Waals surface area contributed by atoms with E-state index < -0.39 is 0 Å². The van der Waals surface area contributed by atoms with Crippen LogP contribution in [0.5, 0.6) is 0 Å². The average Bonchev–Trinajstić information content (AvgIpc) is 2.04. The van der Waals surface area contributed by atoms with Crippen LogP contribution >= 0.6 is 0 Å². The summed E-state index contributed by atoms with van der Waals surface area (Å²) in [4.78, 5) is 0. The molecular weight excluding hydrogens is 170 g/mol. The van der Waals surface area contributed by atoms with E-state index in [-0.39, 0.29) is 5.41 Å². The SMILES string of the molecule is CC#CC(C)(C)C(C)CC(C)/C=C/N. The van der Waals surface area contributed by atoms with Crippen LogP contribution in [0, 0.1) is 29.1 Å². The van der Waals surface area contributed by atoms with Gasteiger partial charge in [-0.2, -0.15) is 0 Å². The minimum atomic E-state index is 0.103. The van der Waals surface area contributed by atoms with Gasteiger partial charge in [0.2, 0.25) is 0 Å². The summed E-state index contributed by atoms with van der Waals surface area (Å²) in [5.74, 6) is 7.38. The van der Waals surface area contributed by atoms with Gasteiger partial charge < -0.3 is 5.73 Å². The molecule has 0 saturated heterocycles. The number of rotatable bonds is 4. The van der Waals surface area contributed by atoms with Crippen molar-refractivity contribution in [2.24, 2.45) is 23.0 Å². The summed E-state index contributed by atoms with van der Waals surface area (Å²) in [6.07, 6.45) is 4.82. The molecule has 0 radical (unpaired) electrons. The third-order valence-corrected chi connectivity index (χ3v) is 2.84. The van der Waals surface area contributed by atoms with Gasteiger partial charge in [0, 0.05) is 5.41 Å². The highest BCUT2D eigenvalue weighted by Gasteiger charge is 2.24. The van der Waals surface area contributed by atoms with Crippen LogP contribution in [0.3, 0.4) is 0 Å². The van der Waals surface area contributed by atoms with Crippen LogP contribution in [-0.4, -0.2) is 0 Å². The Morgan fingerprint density at radius 2 is 1.93 bits per heavy atom. The summed E-state index contributed by atoms with van der Waals surface area (Å²) in [5.41, 5.74) is 5.47. The molecule has 0 saturated carbocycles. The summed E-state index contributed by atoms with van der Waals surface area (Å²) in [6.45, 7) is 10.7. The van der Waals surface area contributed by atoms with Crippen molar-refractivity contribution in [1.82, 2.24) is 0 Å². The highest BCUT2D eigenvalue weighted by atomic mass is 14.5. The monoisotopic (exact) mass is 193 g/mol. The molecule has 0 amide bonds. The Kier molecular flexibility index (Phi) is 5.38. The van der Waals surface area contributed by atoms with Crippen LogP contribution < -0.4 is 5.73 Å². The molecule has 0 fully saturated rings. The van der Waals surface area contributed by atoms with Crippen LogP contribution in [0.25, 0.3) is 0 Å². The largest absolute Gasteiger partial charge is 0.405 e. The molecule has 0 heterocycles. The van der Waals surface area contributed by atoms with Gasteiger partial charge in [0.05, 0.1) is 0 Å². The Labute approximate surface area is 88.8 Å². The molecule has 14 heavy (non-hydrogen) atoms. The predicted octanol–water partition coefficient (Wildman–Crippen LogP) is 3.17. The maximum absolute atomic E-state index is 5.36. The number of hydrogen-bond donors (Lipinski definition) is 1. The molecule has 80 valence electrons. The van der Waals surface area contributed by atoms with E-state index in [0.29, 0.717) is 11.8 Å². The normalized spacial score (nSPS) is 16.1. The Hall–Kier alpha value is -0.900. The molecule has 0 spiro atoms. The quantitative estimate of drug-likeness (QED) is 0.682. The first-order valence-electron chi connectivity index (χ1n) is 5.26. The first kappa shape index (κ1) is 13.1. The fourth-order valence-electron chi connectivity index (χ4n) is 1.57. The first-order chi connectivity index (χ1) is 6.44. The lowest BCUT2D eigenvalue weighted by Gasteiger charge is -2.27. The predicted molar refractivity (Wildman–Crippen MR) is 63.5 cm³/mol. The molecule has 0 aliphatic heterocycles. The molecule has 1 heteroatoms. The Bertz CT molecular complexity index is 240. The van der Waals surface area contributed by atoms with Gasteiger partial charge in [0.15, 0.2) is 0 Å². The van der Waals surface area contributed by atoms with Crippen molar-refractivity contribution >= 4 is 0 Å². The van der Waals surface area contributed by atoms with Crippen molar-refractivity contribution in [3.63, 3.8) is 0 Å². The van der Waals surface area contributed by atoms with Gasteiger partial charge >= 0.3 is 0 Å². The smallest absolute Gasteiger partial charge is 0.0284 e. The Balaban J connectivity index is 4.30. The van der Waals surface area contributed by atoms with Crippen LogP contribution in [0.1, 0.15) is 41.0 Å². The number of nitrogens with two attached hydrogens (primary N) is 1. The van der Waals surface area contributed by atoms with Crippen LogP contribution in [0.4, 0.5) is 0 Å². The third kappa shape index (κ3) is 4.37. The highest BCUT2D eigenvalue weighted by molar-refractivity contribution is 5.08. The summed E-state index contributed by atoms with van der Waals surface area (Å²) in [6, 6.07) is 0. The van der Waals surface area contributed by atoms with E-state index in [1.54, 1.807) is 6.20 Å². The molecule has 0 aromatic heterocycles. The molecule has 0 aliphatic rings. The molecule has 0 bridgehead atoms. The molecule has 2 unspecified atom stereocenters. The fraction of sp³-hybridized carbons (Fsp3) is 0.692. The lowest BCUT2D eigenvalue weighted by atomic mass is 9.76. The summed E-state index contributed by atoms with van der Waals surface area (Å²) in [7, 11) is 0. The zero-order valence-electron chi connectivity index (χ0n) is 10.1. The fourth-order valence-corrected chi connectivity index (χ4v) is 1.57. The van der Waals surface area contributed by atoms with Crippen LogP contribution in [-0.2, 0) is 0 Å². The molecule has 0 aliphatic carbocycles. The lowest BCUT2D eigenvalue weighted by Crippen LogP contribution is -2.21. The second kappa shape index (κ2) is 5.75. The maximum atomic E-state index is 5.36. The van der Waals surface area contributed by atoms with Gasteiger partial charge in [-0.1, -0.05) is 25.8 Å². The number of allylic oxidation sites excluding steroid dienone is 1. The average molecular weight is 193 g/mol. The maximum Gasteiger partial charge on any atom is 0.0284 e. The van der Waals surface area contributed by atoms with E-state index in [2.05, 4.69) is 39.5 Å². The lowest BCUT2D eigenvalue weighted by molar-refractivity contribution is 0.282. The summed E-state index contributed by atoms with van der Waals surface area (Å²) < 4.78 is 0. The van der Waals surface area contributed by atoms with E-state index in [0.717, 1.165) is 6.42 Å². The topological polar surface area (TPSA) is 26.0 Å². The van der Waals surface area contributed by atoms with Gasteiger partial charge in [0.1, 0.15) is 0 Å². The summed E-state index contributed by atoms with van der Waals surface area (Å²) in [5, 5.41) is 0. The zero-order valence-corrected chi connectivity index (χ0v) is 10.1. The van der Waals surface area contributed by atoms with E-state index in [1.165, 1.54) is 0 Å². The molecule has 0 aromatic rings. The van der Waals surface area contributed by atoms with Gasteiger partial charge in [-0.15, -0.1) is 5.92 Å². The molecule has 1 nitrogen and oxygen atoms in total. The summed E-state index contributed by atoms with van der Waals surface area (Å²) >= 11 is 0. The van der Waals surface area contributed by atoms with Crippen molar-refractivity contribution in [1.29, 1.82) is 0 Å². The van der Waals surface area contributed by atoms with Crippen molar-refractivity contribution in [2.75, 3.05) is 0 Å². The van der Waals surface area contributed by atoms with Gasteiger partial charge in [-0.3, -0.25) is 0 Å². The molecule has 2 N–H and O–H groups in total. The first-order valence-corrected chi connectivity index (χ1v) is 5.26. The molecule has 0 aromatic carbocycles. The second-order valence-electron chi connectivity index (χ2n) is 4.60. The minimum Gasteiger partial charge on any atom is -0.405 e. The van der Waals surface area contributed by atoms with Crippen molar-refractivity contribution in [2.45, 2.75) is 41.0 Å². The standard InChI is InChI=1S/C13H23N/c1-6-8-13(4,5)12(3)10-11(2)7-9-14/h7,9,11-12H,10,14H2,1-5H3/b9-7+. The Morgan fingerprint density at radius 3 is 2.36 bits per heavy atom. The highest BCUT2D eigenvalue weighted by Crippen LogP contribution is 2.31. The minimum absolute atomic E-state index is 0.103. The van der Waals surface area contributed by atoms with E-state index in [9.17, 15) is 0 Å². The third-order valence-electron chi connectivity index (χ3n) is 2.84. The number of hydrogen-bond acceptors (Lipinski definition) is 1. The van der Waals surface area contributed by atoms with Crippen LogP contribution in [0.15, 0.2) is 12.3 Å². The van der Waals surface area contributed by atoms with Gasteiger partial charge in [-0.05, 0) is 45.2 Å². The van der Waals surface area contributed by atoms with Gasteiger partial charge in [0.25, 0.3) is 0 Å². The molecule has 2 atom stereocenters. The van der Waals surface area contributed by atoms with Crippen LogP contribution in [0.2, 0.25) is 0 Å². The van der Waals surface area contributed by atoms with E-state index in [4.69, 9.17) is 5.73 Å². The van der Waals surface area contributed by atoms with Gasteiger partial charge in [-0.25, -0.2) is 0 Å². The Morgan fingerprint density at radius 1 is 1.36 bits per heavy atom.